The van der Waals surface area contributed by atoms with Crippen molar-refractivity contribution in [2.24, 2.45) is 11.7 Å². The molecule has 2 atom stereocenters. The van der Waals surface area contributed by atoms with Gasteiger partial charge in [-0.25, -0.2) is 0 Å². The Hall–Kier alpha value is -0.610. The van der Waals surface area contributed by atoms with Crippen LogP contribution < -0.4 is 11.1 Å². The average molecular weight is 255 g/mol. The molecule has 1 fully saturated rings. The van der Waals surface area contributed by atoms with Gasteiger partial charge in [-0.05, 0) is 31.8 Å². The van der Waals surface area contributed by atoms with E-state index in [-0.39, 0.29) is 5.91 Å². The first-order valence-electron chi connectivity index (χ1n) is 7.31. The molecule has 3 N–H and O–H groups in total. The zero-order valence-corrected chi connectivity index (χ0v) is 12.2. The molecule has 0 saturated heterocycles. The molecule has 4 heteroatoms. The van der Waals surface area contributed by atoms with Gasteiger partial charge in [0.1, 0.15) is 0 Å². The summed E-state index contributed by atoms with van der Waals surface area (Å²) in [5, 5.41) is 3.01. The predicted octanol–water partition coefficient (Wildman–Crippen LogP) is 1.35. The van der Waals surface area contributed by atoms with Crippen LogP contribution in [-0.2, 0) is 4.79 Å². The number of amides is 1. The molecule has 18 heavy (non-hydrogen) atoms. The van der Waals surface area contributed by atoms with Gasteiger partial charge in [-0.1, -0.05) is 33.6 Å². The summed E-state index contributed by atoms with van der Waals surface area (Å²) in [7, 11) is 0. The summed E-state index contributed by atoms with van der Waals surface area (Å²) in [6.45, 7) is 10.1. The molecule has 1 saturated carbocycles. The maximum Gasteiger partial charge on any atom is 0.240 e. The summed E-state index contributed by atoms with van der Waals surface area (Å²) in [6, 6.07) is 0. The molecule has 1 aliphatic carbocycles. The molecule has 0 bridgehead atoms. The molecule has 0 aromatic rings. The first-order valence-corrected chi connectivity index (χ1v) is 7.31. The fourth-order valence-electron chi connectivity index (χ4n) is 2.84. The van der Waals surface area contributed by atoms with Crippen molar-refractivity contribution >= 4 is 5.91 Å². The van der Waals surface area contributed by atoms with E-state index in [1.807, 2.05) is 0 Å². The molecule has 0 heterocycles. The second kappa shape index (κ2) is 7.10. The van der Waals surface area contributed by atoms with Gasteiger partial charge in [-0.15, -0.1) is 0 Å². The molecule has 0 spiro atoms. The van der Waals surface area contributed by atoms with E-state index < -0.39 is 5.54 Å². The number of carbonyl (C=O) groups is 1. The minimum absolute atomic E-state index is 0.0428. The number of rotatable bonds is 6. The van der Waals surface area contributed by atoms with Gasteiger partial charge in [-0.3, -0.25) is 4.79 Å². The Morgan fingerprint density at radius 1 is 1.44 bits per heavy atom. The fourth-order valence-corrected chi connectivity index (χ4v) is 2.84. The molecular weight excluding hydrogens is 226 g/mol. The summed E-state index contributed by atoms with van der Waals surface area (Å²) in [5.41, 5.74) is 5.63. The summed E-state index contributed by atoms with van der Waals surface area (Å²) < 4.78 is 0. The van der Waals surface area contributed by atoms with Crippen molar-refractivity contribution in [3.05, 3.63) is 0 Å². The van der Waals surface area contributed by atoms with Crippen molar-refractivity contribution < 1.29 is 4.79 Å². The maximum atomic E-state index is 12.2. The van der Waals surface area contributed by atoms with Crippen molar-refractivity contribution in [1.82, 2.24) is 10.2 Å². The highest BCUT2D eigenvalue weighted by atomic mass is 16.2. The molecule has 0 aliphatic heterocycles. The average Bonchev–Trinajstić information content (AvgIpc) is 2.34. The maximum absolute atomic E-state index is 12.2. The van der Waals surface area contributed by atoms with Crippen LogP contribution in [0.4, 0.5) is 0 Å². The number of nitrogens with two attached hydrogens (primary N) is 1. The van der Waals surface area contributed by atoms with E-state index in [0.717, 1.165) is 38.9 Å². The molecule has 0 aromatic carbocycles. The van der Waals surface area contributed by atoms with E-state index in [9.17, 15) is 4.79 Å². The minimum atomic E-state index is -0.624. The van der Waals surface area contributed by atoms with Crippen molar-refractivity contribution in [3.63, 3.8) is 0 Å². The Labute approximate surface area is 111 Å². The third kappa shape index (κ3) is 4.25. The Kier molecular flexibility index (Phi) is 6.09. The summed E-state index contributed by atoms with van der Waals surface area (Å²) >= 11 is 0. The van der Waals surface area contributed by atoms with E-state index >= 15 is 0 Å². The molecule has 0 aromatic heterocycles. The van der Waals surface area contributed by atoms with E-state index in [2.05, 4.69) is 31.0 Å². The summed E-state index contributed by atoms with van der Waals surface area (Å²) in [5.74, 6) is 0.610. The highest BCUT2D eigenvalue weighted by Crippen LogP contribution is 2.30. The number of carbonyl (C=O) groups excluding carboxylic acids is 1. The number of nitrogens with zero attached hydrogens (tertiary/aromatic N) is 1. The zero-order chi connectivity index (χ0) is 13.6. The SMILES string of the molecule is CCN(CC)CCNC(=O)C1(N)CCCC(C)C1. The molecule has 2 unspecified atom stereocenters. The van der Waals surface area contributed by atoms with Crippen molar-refractivity contribution in [2.45, 2.75) is 52.0 Å². The second-order valence-corrected chi connectivity index (χ2v) is 5.64. The summed E-state index contributed by atoms with van der Waals surface area (Å²) in [6.07, 6.45) is 3.92. The lowest BCUT2D eigenvalue weighted by molar-refractivity contribution is -0.128. The fraction of sp³-hybridized carbons (Fsp3) is 0.929. The van der Waals surface area contributed by atoms with E-state index in [4.69, 9.17) is 5.73 Å². The van der Waals surface area contributed by atoms with Crippen LogP contribution in [0.5, 0.6) is 0 Å². The molecule has 106 valence electrons. The van der Waals surface area contributed by atoms with Crippen LogP contribution in [-0.4, -0.2) is 42.5 Å². The standard InChI is InChI=1S/C14H29N3O/c1-4-17(5-2)10-9-16-13(18)14(15)8-6-7-12(3)11-14/h12H,4-11,15H2,1-3H3,(H,16,18). The normalized spacial score (nSPS) is 28.4. The van der Waals surface area contributed by atoms with Gasteiger partial charge in [0, 0.05) is 13.1 Å². The highest BCUT2D eigenvalue weighted by Gasteiger charge is 2.37. The number of nitrogens with one attached hydrogen (secondary N) is 1. The molecule has 1 amide bonds. The van der Waals surface area contributed by atoms with Crippen LogP contribution in [0.25, 0.3) is 0 Å². The number of hydrogen-bond donors (Lipinski definition) is 2. The lowest BCUT2D eigenvalue weighted by Crippen LogP contribution is -2.57. The minimum Gasteiger partial charge on any atom is -0.353 e. The largest absolute Gasteiger partial charge is 0.353 e. The zero-order valence-electron chi connectivity index (χ0n) is 12.2. The number of hydrogen-bond acceptors (Lipinski definition) is 3. The Morgan fingerprint density at radius 2 is 2.11 bits per heavy atom. The van der Waals surface area contributed by atoms with Gasteiger partial charge in [0.05, 0.1) is 5.54 Å². The van der Waals surface area contributed by atoms with Crippen molar-refractivity contribution in [1.29, 1.82) is 0 Å². The van der Waals surface area contributed by atoms with Gasteiger partial charge in [-0.2, -0.15) is 0 Å². The first kappa shape index (κ1) is 15.4. The topological polar surface area (TPSA) is 58.4 Å². The molecular formula is C14H29N3O. The van der Waals surface area contributed by atoms with Gasteiger partial charge in [0.2, 0.25) is 5.91 Å². The Balaban J connectivity index is 2.35. The highest BCUT2D eigenvalue weighted by molar-refractivity contribution is 5.86. The van der Waals surface area contributed by atoms with Crippen LogP contribution in [0.15, 0.2) is 0 Å². The molecule has 1 rings (SSSR count). The molecule has 0 radical (unpaired) electrons. The van der Waals surface area contributed by atoms with Crippen molar-refractivity contribution in [3.8, 4) is 0 Å². The quantitative estimate of drug-likeness (QED) is 0.753. The van der Waals surface area contributed by atoms with Crippen LogP contribution in [0.2, 0.25) is 0 Å². The lowest BCUT2D eigenvalue weighted by Gasteiger charge is -2.35. The van der Waals surface area contributed by atoms with Gasteiger partial charge >= 0.3 is 0 Å². The van der Waals surface area contributed by atoms with Gasteiger partial charge < -0.3 is 16.0 Å². The Bertz CT molecular complexity index is 266. The van der Waals surface area contributed by atoms with E-state index in [1.165, 1.54) is 6.42 Å². The van der Waals surface area contributed by atoms with Crippen LogP contribution in [0, 0.1) is 5.92 Å². The third-order valence-electron chi connectivity index (χ3n) is 4.09. The van der Waals surface area contributed by atoms with Crippen LogP contribution >= 0.6 is 0 Å². The number of likely N-dealkylation sites (N-methyl/N-ethyl adjacent to an activating group) is 1. The smallest absolute Gasteiger partial charge is 0.240 e. The van der Waals surface area contributed by atoms with E-state index in [1.54, 1.807) is 0 Å². The molecule has 4 nitrogen and oxygen atoms in total. The van der Waals surface area contributed by atoms with Gasteiger partial charge in [0.15, 0.2) is 0 Å². The second-order valence-electron chi connectivity index (χ2n) is 5.64. The monoisotopic (exact) mass is 255 g/mol. The lowest BCUT2D eigenvalue weighted by atomic mass is 9.76. The predicted molar refractivity (Wildman–Crippen MR) is 75.3 cm³/mol. The van der Waals surface area contributed by atoms with Gasteiger partial charge in [0.25, 0.3) is 0 Å². The Morgan fingerprint density at radius 3 is 2.67 bits per heavy atom. The third-order valence-corrected chi connectivity index (χ3v) is 4.09. The van der Waals surface area contributed by atoms with Crippen LogP contribution in [0.3, 0.4) is 0 Å². The first-order chi connectivity index (χ1) is 8.51. The van der Waals surface area contributed by atoms with E-state index in [0.29, 0.717) is 12.5 Å². The van der Waals surface area contributed by atoms with Crippen LogP contribution in [0.1, 0.15) is 46.5 Å². The molecule has 1 aliphatic rings. The summed E-state index contributed by atoms with van der Waals surface area (Å²) in [4.78, 5) is 14.5. The van der Waals surface area contributed by atoms with Crippen molar-refractivity contribution in [2.75, 3.05) is 26.2 Å².